The fraction of sp³-hybridized carbons (Fsp3) is 0.571. The van der Waals surface area contributed by atoms with Gasteiger partial charge >= 0.3 is 51.4 Å². The number of amides is 1. The number of hydrogen-bond acceptors (Lipinski definition) is 3. The van der Waals surface area contributed by atoms with E-state index in [2.05, 4.69) is 11.9 Å². The monoisotopic (exact) mass is 247 g/mol. The number of carbonyl (C=O) groups is 1. The molecule has 0 saturated heterocycles. The summed E-state index contributed by atoms with van der Waals surface area (Å²) in [7, 11) is -4.16. The van der Waals surface area contributed by atoms with E-state index in [1.54, 1.807) is 0 Å². The largest absolute Gasteiger partial charge is 1.00 e. The van der Waals surface area contributed by atoms with E-state index >= 15 is 0 Å². The molecular weight excluding hydrogens is 233 g/mol. The minimum absolute atomic E-state index is 0. The Labute approximate surface area is 128 Å². The van der Waals surface area contributed by atoms with Crippen LogP contribution >= 0.6 is 0 Å². The number of carbonyl (C=O) groups excluding carboxylic acids is 1. The molecule has 0 fully saturated rings. The molecule has 0 heterocycles. The summed E-state index contributed by atoms with van der Waals surface area (Å²) in [6.45, 7) is 5.67. The van der Waals surface area contributed by atoms with Crippen molar-refractivity contribution in [2.24, 2.45) is 0 Å². The van der Waals surface area contributed by atoms with Crippen molar-refractivity contribution in [3.05, 3.63) is 12.7 Å². The summed E-state index contributed by atoms with van der Waals surface area (Å²) in [4.78, 5) is 10.7. The number of rotatable bonds is 4. The van der Waals surface area contributed by atoms with E-state index in [1.807, 2.05) is 0 Å². The fourth-order valence-electron chi connectivity index (χ4n) is 0.463. The van der Waals surface area contributed by atoms with Crippen LogP contribution in [0.5, 0.6) is 0 Å². The third-order valence-corrected chi connectivity index (χ3v) is 3.11. The van der Waals surface area contributed by atoms with Gasteiger partial charge in [0.05, 0.1) is 0 Å². The zero-order valence-corrected chi connectivity index (χ0v) is 12.5. The predicted molar refractivity (Wildman–Crippen MR) is 49.9 cm³/mol. The predicted octanol–water partition coefficient (Wildman–Crippen LogP) is -2.93. The number of hydrogen-bond donors (Lipinski definition) is 2. The summed E-state index contributed by atoms with van der Waals surface area (Å²) >= 11 is 0. The van der Waals surface area contributed by atoms with Crippen LogP contribution < -0.4 is 56.7 Å². The molecule has 2 N–H and O–H groups in total. The summed E-state index contributed by atoms with van der Waals surface area (Å²) in [6, 6.07) is 0. The first-order valence-electron chi connectivity index (χ1n) is 3.58. The molecule has 0 aliphatic rings. The minimum Gasteiger partial charge on any atom is -1.00 e. The van der Waals surface area contributed by atoms with Gasteiger partial charge < -0.3 is 6.74 Å². The molecule has 0 unspecified atom stereocenters. The van der Waals surface area contributed by atoms with E-state index in [1.165, 1.54) is 13.8 Å². The molecule has 0 aromatic carbocycles. The molecule has 5 nitrogen and oxygen atoms in total. The van der Waals surface area contributed by atoms with Crippen LogP contribution in [0.3, 0.4) is 0 Å². The topological polar surface area (TPSA) is 83.5 Å². The molecule has 0 bridgehead atoms. The Morgan fingerprint density at radius 2 is 2.07 bits per heavy atom. The summed E-state index contributed by atoms with van der Waals surface area (Å²) in [6.07, 6.45) is 1.03. The second-order valence-electron chi connectivity index (χ2n) is 3.16. The molecule has 0 aromatic rings. The third-order valence-electron chi connectivity index (χ3n) is 1.57. The van der Waals surface area contributed by atoms with Crippen molar-refractivity contribution in [3.8, 4) is 0 Å². The van der Waals surface area contributed by atoms with Gasteiger partial charge in [0.2, 0.25) is 5.91 Å². The molecule has 0 aromatic heterocycles. The summed E-state index contributed by atoms with van der Waals surface area (Å²) in [5, 5.41) is 2.28. The van der Waals surface area contributed by atoms with Gasteiger partial charge in [-0.05, 0) is 19.9 Å². The Morgan fingerprint density at radius 3 is 2.36 bits per heavy atom. The molecule has 78 valence electrons. The van der Waals surface area contributed by atoms with Gasteiger partial charge in [-0.2, -0.15) is 8.42 Å². The zero-order chi connectivity index (χ0) is 10.7. The zero-order valence-electron chi connectivity index (χ0n) is 9.57. The molecule has 14 heavy (non-hydrogen) atoms. The van der Waals surface area contributed by atoms with Crippen LogP contribution in [0.1, 0.15) is 15.3 Å². The van der Waals surface area contributed by atoms with Crippen molar-refractivity contribution in [1.29, 1.82) is 0 Å². The first-order chi connectivity index (χ1) is 5.70. The van der Waals surface area contributed by atoms with Crippen molar-refractivity contribution < 1.29 is 70.6 Å². The van der Waals surface area contributed by atoms with Crippen molar-refractivity contribution >= 4 is 16.0 Å². The maximum atomic E-state index is 10.7. The molecule has 0 saturated carbocycles. The Bertz CT molecular complexity index is 315. The Hall–Kier alpha value is 0.756. The maximum Gasteiger partial charge on any atom is 1.00 e. The molecule has 0 radical (unpaired) electrons. The van der Waals surface area contributed by atoms with E-state index in [-0.39, 0.29) is 59.4 Å². The van der Waals surface area contributed by atoms with Crippen molar-refractivity contribution in [3.63, 3.8) is 0 Å². The van der Waals surface area contributed by atoms with Crippen LogP contribution in [0.2, 0.25) is 0 Å². The molecule has 7 heteroatoms. The average Bonchev–Trinajstić information content (AvgIpc) is 1.98. The van der Waals surface area contributed by atoms with Crippen LogP contribution in [0.15, 0.2) is 12.7 Å². The van der Waals surface area contributed by atoms with Gasteiger partial charge in [0.1, 0.15) is 4.75 Å². The standard InChI is InChI=1S/C7H13NO4S.K.H/c1-4-6(9)8-5-7(2,3)13(10,11)12;;/h4H,1,5H2,2-3H3,(H,8,9)(H,10,11,12);;/q;+1;-1. The average molecular weight is 247 g/mol. The smallest absolute Gasteiger partial charge is 1.00 e. The molecule has 0 aliphatic carbocycles. The van der Waals surface area contributed by atoms with Gasteiger partial charge in [-0.1, -0.05) is 6.58 Å². The van der Waals surface area contributed by atoms with Gasteiger partial charge in [0.25, 0.3) is 10.1 Å². The summed E-state index contributed by atoms with van der Waals surface area (Å²) in [5.41, 5.74) is 0. The molecular formula is C7H14KNO4S. The molecule has 0 spiro atoms. The van der Waals surface area contributed by atoms with Crippen molar-refractivity contribution in [2.45, 2.75) is 18.6 Å². The molecule has 1 amide bonds. The van der Waals surface area contributed by atoms with Gasteiger partial charge in [-0.25, -0.2) is 0 Å². The van der Waals surface area contributed by atoms with Gasteiger partial charge in [-0.3, -0.25) is 9.35 Å². The maximum absolute atomic E-state index is 10.7. The summed E-state index contributed by atoms with van der Waals surface area (Å²) in [5.74, 6) is -0.475. The SMILES string of the molecule is C=CC(=O)NCC(C)(C)S(=O)(=O)O.[H-].[K+]. The van der Waals surface area contributed by atoms with Gasteiger partial charge in [0, 0.05) is 6.54 Å². The van der Waals surface area contributed by atoms with Crippen LogP contribution in [-0.4, -0.2) is 30.2 Å². The van der Waals surface area contributed by atoms with Gasteiger partial charge in [-0.15, -0.1) is 0 Å². The Kier molecular flexibility index (Phi) is 7.80. The first-order valence-corrected chi connectivity index (χ1v) is 5.02. The van der Waals surface area contributed by atoms with Gasteiger partial charge in [0.15, 0.2) is 0 Å². The summed E-state index contributed by atoms with van der Waals surface area (Å²) < 4.78 is 28.8. The normalized spacial score (nSPS) is 11.4. The Balaban J connectivity index is -0.000000720. The Morgan fingerprint density at radius 1 is 1.64 bits per heavy atom. The van der Waals surface area contributed by atoms with E-state index in [4.69, 9.17) is 4.55 Å². The second kappa shape index (κ2) is 6.36. The van der Waals surface area contributed by atoms with Crippen molar-refractivity contribution in [2.75, 3.05) is 6.54 Å². The molecule has 0 aliphatic heterocycles. The molecule has 0 rings (SSSR count). The molecule has 0 atom stereocenters. The minimum atomic E-state index is -4.16. The van der Waals surface area contributed by atoms with E-state index in [0.717, 1.165) is 6.08 Å². The first kappa shape index (κ1) is 17.2. The van der Waals surface area contributed by atoms with E-state index < -0.39 is 20.8 Å². The third kappa shape index (κ3) is 5.59. The second-order valence-corrected chi connectivity index (χ2v) is 5.21. The van der Waals surface area contributed by atoms with Crippen LogP contribution in [-0.2, 0) is 14.9 Å². The van der Waals surface area contributed by atoms with Crippen LogP contribution in [0.4, 0.5) is 0 Å². The van der Waals surface area contributed by atoms with Crippen LogP contribution in [0, 0.1) is 0 Å². The quantitative estimate of drug-likeness (QED) is 0.316. The number of nitrogens with one attached hydrogen (secondary N) is 1. The fourth-order valence-corrected chi connectivity index (χ4v) is 0.718. The van der Waals surface area contributed by atoms with Crippen LogP contribution in [0.25, 0.3) is 0 Å². The van der Waals surface area contributed by atoms with Crippen molar-refractivity contribution in [1.82, 2.24) is 5.32 Å². The van der Waals surface area contributed by atoms with E-state index in [9.17, 15) is 13.2 Å². The van der Waals surface area contributed by atoms with E-state index in [0.29, 0.717) is 0 Å².